The van der Waals surface area contributed by atoms with Crippen LogP contribution in [0.5, 0.6) is 0 Å². The lowest BCUT2D eigenvalue weighted by Crippen LogP contribution is -2.36. The van der Waals surface area contributed by atoms with E-state index in [9.17, 15) is 9.18 Å². The fraction of sp³-hybridized carbons (Fsp3) is 0.462. The van der Waals surface area contributed by atoms with Crippen LogP contribution in [-0.4, -0.2) is 23.7 Å². The number of aliphatic hydroxyl groups is 1. The van der Waals surface area contributed by atoms with Crippen molar-refractivity contribution in [2.24, 2.45) is 11.7 Å². The summed E-state index contributed by atoms with van der Waals surface area (Å²) in [4.78, 5) is 11.0. The minimum absolute atomic E-state index is 0.174. The van der Waals surface area contributed by atoms with Crippen molar-refractivity contribution in [2.75, 3.05) is 6.54 Å². The highest BCUT2D eigenvalue weighted by atomic mass is 19.1. The standard InChI is InChI=1S/C13H17FN2O2/c14-12-2-1-9(13(15)18)5-10(12)7-16-6-8-3-11(17)4-8/h1-2,5,8,11,16-17H,3-4,6-7H2,(H2,15,18). The van der Waals surface area contributed by atoms with Crippen molar-refractivity contribution < 1.29 is 14.3 Å². The van der Waals surface area contributed by atoms with Gasteiger partial charge in [0, 0.05) is 17.7 Å². The van der Waals surface area contributed by atoms with Gasteiger partial charge < -0.3 is 16.2 Å². The number of hydrogen-bond donors (Lipinski definition) is 3. The first-order valence-electron chi connectivity index (χ1n) is 6.03. The number of aliphatic hydroxyl groups excluding tert-OH is 1. The number of hydrogen-bond acceptors (Lipinski definition) is 3. The highest BCUT2D eigenvalue weighted by Crippen LogP contribution is 2.26. The average molecular weight is 252 g/mol. The molecule has 0 bridgehead atoms. The van der Waals surface area contributed by atoms with E-state index in [1.54, 1.807) is 0 Å². The monoisotopic (exact) mass is 252 g/mol. The van der Waals surface area contributed by atoms with E-state index in [0.29, 0.717) is 23.6 Å². The van der Waals surface area contributed by atoms with Gasteiger partial charge in [-0.2, -0.15) is 0 Å². The molecule has 18 heavy (non-hydrogen) atoms. The van der Waals surface area contributed by atoms with E-state index < -0.39 is 5.91 Å². The molecular formula is C13H17FN2O2. The van der Waals surface area contributed by atoms with Gasteiger partial charge >= 0.3 is 0 Å². The van der Waals surface area contributed by atoms with Gasteiger partial charge in [0.1, 0.15) is 5.82 Å². The predicted octanol–water partition coefficient (Wildman–Crippen LogP) is 0.785. The Labute approximate surface area is 105 Å². The van der Waals surface area contributed by atoms with Gasteiger partial charge in [0.05, 0.1) is 6.10 Å². The van der Waals surface area contributed by atoms with Crippen LogP contribution in [0.4, 0.5) is 4.39 Å². The maximum absolute atomic E-state index is 13.5. The molecule has 98 valence electrons. The number of nitrogens with two attached hydrogens (primary N) is 1. The zero-order valence-corrected chi connectivity index (χ0v) is 10.0. The first-order valence-corrected chi connectivity index (χ1v) is 6.03. The summed E-state index contributed by atoms with van der Waals surface area (Å²) in [6.07, 6.45) is 1.43. The van der Waals surface area contributed by atoms with Gasteiger partial charge in [0.25, 0.3) is 0 Å². The molecule has 0 unspecified atom stereocenters. The largest absolute Gasteiger partial charge is 0.393 e. The number of carbonyl (C=O) groups excluding carboxylic acids is 1. The molecule has 4 N–H and O–H groups in total. The summed E-state index contributed by atoms with van der Waals surface area (Å²) < 4.78 is 13.5. The summed E-state index contributed by atoms with van der Waals surface area (Å²) in [5.74, 6) is -0.443. The van der Waals surface area contributed by atoms with Crippen LogP contribution in [0.15, 0.2) is 18.2 Å². The van der Waals surface area contributed by atoms with Gasteiger partial charge in [-0.3, -0.25) is 4.79 Å². The molecule has 0 atom stereocenters. The number of nitrogens with one attached hydrogen (secondary N) is 1. The number of primary amides is 1. The topological polar surface area (TPSA) is 75.4 Å². The van der Waals surface area contributed by atoms with Crippen molar-refractivity contribution in [1.82, 2.24) is 5.32 Å². The van der Waals surface area contributed by atoms with Crippen LogP contribution in [0.1, 0.15) is 28.8 Å². The van der Waals surface area contributed by atoms with Gasteiger partial charge in [-0.05, 0) is 43.5 Å². The minimum atomic E-state index is -0.557. The zero-order chi connectivity index (χ0) is 13.1. The summed E-state index contributed by atoms with van der Waals surface area (Å²) >= 11 is 0. The van der Waals surface area contributed by atoms with Crippen molar-refractivity contribution in [3.05, 3.63) is 35.1 Å². The third-order valence-electron chi connectivity index (χ3n) is 3.29. The molecule has 0 spiro atoms. The Morgan fingerprint density at radius 2 is 2.22 bits per heavy atom. The van der Waals surface area contributed by atoms with Gasteiger partial charge in [-0.15, -0.1) is 0 Å². The summed E-state index contributed by atoms with van der Waals surface area (Å²) in [7, 11) is 0. The van der Waals surface area contributed by atoms with E-state index in [4.69, 9.17) is 10.8 Å². The highest BCUT2D eigenvalue weighted by molar-refractivity contribution is 5.92. The van der Waals surface area contributed by atoms with Crippen molar-refractivity contribution in [3.8, 4) is 0 Å². The lowest BCUT2D eigenvalue weighted by molar-refractivity contribution is 0.0429. The molecule has 0 aromatic heterocycles. The fourth-order valence-corrected chi connectivity index (χ4v) is 2.14. The molecule has 1 aromatic rings. The highest BCUT2D eigenvalue weighted by Gasteiger charge is 2.26. The van der Waals surface area contributed by atoms with Crippen molar-refractivity contribution in [3.63, 3.8) is 0 Å². The third-order valence-corrected chi connectivity index (χ3v) is 3.29. The number of carbonyl (C=O) groups is 1. The lowest BCUT2D eigenvalue weighted by atomic mass is 9.82. The smallest absolute Gasteiger partial charge is 0.248 e. The molecule has 1 aliphatic rings. The summed E-state index contributed by atoms with van der Waals surface area (Å²) in [5.41, 5.74) is 5.89. The summed E-state index contributed by atoms with van der Waals surface area (Å²) in [5, 5.41) is 12.3. The lowest BCUT2D eigenvalue weighted by Gasteiger charge is -2.31. The molecule has 1 aromatic carbocycles. The van der Waals surface area contributed by atoms with Gasteiger partial charge in [-0.1, -0.05) is 0 Å². The van der Waals surface area contributed by atoms with E-state index in [2.05, 4.69) is 5.32 Å². The van der Waals surface area contributed by atoms with Gasteiger partial charge in [0.2, 0.25) is 5.91 Å². The Bertz CT molecular complexity index is 445. The SMILES string of the molecule is NC(=O)c1ccc(F)c(CNCC2CC(O)C2)c1. The Morgan fingerprint density at radius 3 is 2.83 bits per heavy atom. The van der Waals surface area contributed by atoms with Crippen LogP contribution in [0, 0.1) is 11.7 Å². The van der Waals surface area contributed by atoms with Crippen molar-refractivity contribution >= 4 is 5.91 Å². The van der Waals surface area contributed by atoms with Crippen LogP contribution >= 0.6 is 0 Å². The number of benzene rings is 1. The molecule has 2 rings (SSSR count). The Balaban J connectivity index is 1.88. The molecule has 4 nitrogen and oxygen atoms in total. The fourth-order valence-electron chi connectivity index (χ4n) is 2.14. The first kappa shape index (κ1) is 13.0. The molecule has 1 saturated carbocycles. The van der Waals surface area contributed by atoms with Gasteiger partial charge in [-0.25, -0.2) is 4.39 Å². The zero-order valence-electron chi connectivity index (χ0n) is 10.0. The molecule has 1 amide bonds. The Hall–Kier alpha value is -1.46. The molecule has 5 heteroatoms. The van der Waals surface area contributed by atoms with Crippen molar-refractivity contribution in [2.45, 2.75) is 25.5 Å². The second-order valence-electron chi connectivity index (χ2n) is 4.79. The first-order chi connectivity index (χ1) is 8.56. The average Bonchev–Trinajstić information content (AvgIpc) is 2.28. The van der Waals surface area contributed by atoms with E-state index >= 15 is 0 Å². The second-order valence-corrected chi connectivity index (χ2v) is 4.79. The van der Waals surface area contributed by atoms with E-state index in [1.165, 1.54) is 18.2 Å². The second kappa shape index (κ2) is 5.46. The predicted molar refractivity (Wildman–Crippen MR) is 65.4 cm³/mol. The van der Waals surface area contributed by atoms with E-state index in [-0.39, 0.29) is 11.9 Å². The summed E-state index contributed by atoms with van der Waals surface area (Å²) in [6.45, 7) is 1.11. The quantitative estimate of drug-likeness (QED) is 0.725. The number of rotatable bonds is 5. The van der Waals surface area contributed by atoms with E-state index in [1.807, 2.05) is 0 Å². The van der Waals surface area contributed by atoms with Crippen LogP contribution in [0.25, 0.3) is 0 Å². The van der Waals surface area contributed by atoms with Gasteiger partial charge in [0.15, 0.2) is 0 Å². The third kappa shape index (κ3) is 3.05. The molecular weight excluding hydrogens is 235 g/mol. The number of amides is 1. The van der Waals surface area contributed by atoms with Crippen LogP contribution in [0.3, 0.4) is 0 Å². The number of halogens is 1. The summed E-state index contributed by atoms with van der Waals surface area (Å²) in [6, 6.07) is 4.11. The van der Waals surface area contributed by atoms with Crippen LogP contribution < -0.4 is 11.1 Å². The Kier molecular flexibility index (Phi) is 3.93. The Morgan fingerprint density at radius 1 is 1.50 bits per heavy atom. The van der Waals surface area contributed by atoms with Crippen molar-refractivity contribution in [1.29, 1.82) is 0 Å². The minimum Gasteiger partial charge on any atom is -0.393 e. The molecule has 1 aliphatic carbocycles. The maximum atomic E-state index is 13.5. The van der Waals surface area contributed by atoms with Crippen LogP contribution in [0.2, 0.25) is 0 Å². The molecule has 0 saturated heterocycles. The molecule has 1 fully saturated rings. The maximum Gasteiger partial charge on any atom is 0.248 e. The molecule has 0 heterocycles. The normalized spacial score (nSPS) is 22.6. The van der Waals surface area contributed by atoms with E-state index in [0.717, 1.165) is 19.4 Å². The molecule has 0 aliphatic heterocycles. The molecule has 0 radical (unpaired) electrons. The van der Waals surface area contributed by atoms with Crippen LogP contribution in [-0.2, 0) is 6.54 Å².